The summed E-state index contributed by atoms with van der Waals surface area (Å²) in [6.07, 6.45) is -9.32. The van der Waals surface area contributed by atoms with Gasteiger partial charge in [-0.2, -0.15) is 31.4 Å². The Labute approximate surface area is 193 Å². The van der Waals surface area contributed by atoms with Gasteiger partial charge in [-0.05, 0) is 37.3 Å². The van der Waals surface area contributed by atoms with Crippen molar-refractivity contribution in [3.63, 3.8) is 0 Å². The van der Waals surface area contributed by atoms with Crippen LogP contribution in [0.15, 0.2) is 47.6 Å². The van der Waals surface area contributed by atoms with E-state index in [1.165, 1.54) is 13.0 Å². The van der Waals surface area contributed by atoms with E-state index >= 15 is 0 Å². The number of rotatable bonds is 5. The quantitative estimate of drug-likeness (QED) is 0.550. The largest absolute Gasteiger partial charge is 0.480 e. The van der Waals surface area contributed by atoms with E-state index in [1.807, 2.05) is 0 Å². The van der Waals surface area contributed by atoms with Crippen LogP contribution in [-0.2, 0) is 21.9 Å². The number of carbonyl (C=O) groups excluding carboxylic acids is 1. The Bertz CT molecular complexity index is 1170. The van der Waals surface area contributed by atoms with Crippen molar-refractivity contribution in [1.29, 1.82) is 0 Å². The molecule has 34 heavy (non-hydrogen) atoms. The van der Waals surface area contributed by atoms with Crippen molar-refractivity contribution in [3.05, 3.63) is 64.2 Å². The molecule has 1 aliphatic heterocycles. The lowest BCUT2D eigenvalue weighted by Crippen LogP contribution is -2.40. The van der Waals surface area contributed by atoms with E-state index in [9.17, 15) is 41.0 Å². The molecule has 1 amide bonds. The molecule has 3 rings (SSSR count). The fourth-order valence-electron chi connectivity index (χ4n) is 3.40. The molecule has 0 fully saturated rings. The lowest BCUT2D eigenvalue weighted by molar-refractivity contribution is -0.144. The van der Waals surface area contributed by atoms with Crippen molar-refractivity contribution in [1.82, 2.24) is 5.01 Å². The van der Waals surface area contributed by atoms with Gasteiger partial charge >= 0.3 is 18.3 Å². The Balaban J connectivity index is 1.84. The standard InChI is InChI=1S/C21H16ClF6N3O3/c1-19(18(33)34)10-31(9-16(32)29-13-4-2-3-12(8-13)20(23,24)25)30-17(19)11-5-6-14(15(22)7-11)21(26,27)28/h2-8H,9-10H2,1H3,(H,29,32)(H,33,34). The normalized spacial score (nSPS) is 18.6. The number of alkyl halides is 6. The van der Waals surface area contributed by atoms with Gasteiger partial charge in [0.1, 0.15) is 12.0 Å². The van der Waals surface area contributed by atoms with Crippen LogP contribution in [0.1, 0.15) is 23.6 Å². The van der Waals surface area contributed by atoms with Gasteiger partial charge in [-0.15, -0.1) is 0 Å². The van der Waals surface area contributed by atoms with Crippen LogP contribution in [0.2, 0.25) is 5.02 Å². The molecule has 1 aliphatic rings. The Morgan fingerprint density at radius 3 is 2.35 bits per heavy atom. The number of hydrogen-bond acceptors (Lipinski definition) is 4. The highest BCUT2D eigenvalue weighted by Crippen LogP contribution is 2.38. The monoisotopic (exact) mass is 507 g/mol. The van der Waals surface area contributed by atoms with E-state index in [1.54, 1.807) is 0 Å². The number of hydrazone groups is 1. The van der Waals surface area contributed by atoms with E-state index in [0.29, 0.717) is 6.07 Å². The minimum absolute atomic E-state index is 0.0173. The van der Waals surface area contributed by atoms with Gasteiger partial charge in [0.2, 0.25) is 5.91 Å². The summed E-state index contributed by atoms with van der Waals surface area (Å²) in [5.41, 5.74) is -4.00. The summed E-state index contributed by atoms with van der Waals surface area (Å²) >= 11 is 5.74. The van der Waals surface area contributed by atoms with Gasteiger partial charge < -0.3 is 10.4 Å². The number of aliphatic carboxylic acids is 1. The summed E-state index contributed by atoms with van der Waals surface area (Å²) in [6.45, 7) is 0.452. The van der Waals surface area contributed by atoms with Crippen LogP contribution in [0.3, 0.4) is 0 Å². The first-order valence-corrected chi connectivity index (χ1v) is 9.91. The number of nitrogens with zero attached hydrogens (tertiary/aromatic N) is 2. The number of amides is 1. The maximum Gasteiger partial charge on any atom is 0.417 e. The van der Waals surface area contributed by atoms with Crippen molar-refractivity contribution in [2.45, 2.75) is 19.3 Å². The van der Waals surface area contributed by atoms with Crippen LogP contribution in [0.5, 0.6) is 0 Å². The third-order valence-corrected chi connectivity index (χ3v) is 5.40. The molecule has 1 heterocycles. The highest BCUT2D eigenvalue weighted by Gasteiger charge is 2.46. The second-order valence-corrected chi connectivity index (χ2v) is 8.13. The fourth-order valence-corrected chi connectivity index (χ4v) is 3.68. The van der Waals surface area contributed by atoms with Crippen molar-refractivity contribution in [3.8, 4) is 0 Å². The average Bonchev–Trinajstić information content (AvgIpc) is 3.03. The second-order valence-electron chi connectivity index (χ2n) is 7.73. The van der Waals surface area contributed by atoms with E-state index in [4.69, 9.17) is 11.6 Å². The molecule has 2 aromatic carbocycles. The van der Waals surface area contributed by atoms with Gasteiger partial charge in [0, 0.05) is 11.3 Å². The Morgan fingerprint density at radius 2 is 1.79 bits per heavy atom. The predicted molar refractivity (Wildman–Crippen MR) is 110 cm³/mol. The molecule has 0 aromatic heterocycles. The van der Waals surface area contributed by atoms with E-state index in [0.717, 1.165) is 35.3 Å². The predicted octanol–water partition coefficient (Wildman–Crippen LogP) is 5.13. The molecule has 2 N–H and O–H groups in total. The van der Waals surface area contributed by atoms with Crippen molar-refractivity contribution in [2.75, 3.05) is 18.4 Å². The summed E-state index contributed by atoms with van der Waals surface area (Å²) in [4.78, 5) is 24.3. The zero-order valence-corrected chi connectivity index (χ0v) is 18.0. The summed E-state index contributed by atoms with van der Waals surface area (Å²) < 4.78 is 77.5. The first kappa shape index (κ1) is 25.3. The number of anilines is 1. The third kappa shape index (κ3) is 5.27. The molecule has 2 aromatic rings. The van der Waals surface area contributed by atoms with Gasteiger partial charge in [0.25, 0.3) is 0 Å². The third-order valence-electron chi connectivity index (χ3n) is 5.08. The van der Waals surface area contributed by atoms with E-state index in [2.05, 4.69) is 10.4 Å². The first-order chi connectivity index (χ1) is 15.6. The van der Waals surface area contributed by atoms with E-state index < -0.39 is 52.3 Å². The Morgan fingerprint density at radius 1 is 1.12 bits per heavy atom. The van der Waals surface area contributed by atoms with Crippen LogP contribution < -0.4 is 5.32 Å². The fraction of sp³-hybridized carbons (Fsp3) is 0.286. The summed E-state index contributed by atoms with van der Waals surface area (Å²) in [5.74, 6) is -2.12. The van der Waals surface area contributed by atoms with Crippen LogP contribution in [0.25, 0.3) is 0 Å². The number of hydrogen-bond donors (Lipinski definition) is 2. The van der Waals surface area contributed by atoms with Crippen molar-refractivity contribution in [2.24, 2.45) is 10.5 Å². The molecular formula is C21H16ClF6N3O3. The minimum Gasteiger partial charge on any atom is -0.480 e. The summed E-state index contributed by atoms with van der Waals surface area (Å²) in [5, 5.41) is 16.5. The maximum atomic E-state index is 13.0. The molecule has 0 bridgehead atoms. The molecule has 6 nitrogen and oxygen atoms in total. The topological polar surface area (TPSA) is 82.0 Å². The van der Waals surface area contributed by atoms with Gasteiger partial charge in [0.15, 0.2) is 0 Å². The zero-order chi connectivity index (χ0) is 25.5. The SMILES string of the molecule is CC1(C(=O)O)CN(CC(=O)Nc2cccc(C(F)(F)F)c2)N=C1c1ccc(C(F)(F)F)c(Cl)c1. The van der Waals surface area contributed by atoms with Gasteiger partial charge in [-0.3, -0.25) is 14.6 Å². The van der Waals surface area contributed by atoms with Crippen molar-refractivity contribution < 1.29 is 41.0 Å². The van der Waals surface area contributed by atoms with Crippen LogP contribution in [-0.4, -0.2) is 40.8 Å². The number of carbonyl (C=O) groups is 2. The van der Waals surface area contributed by atoms with E-state index in [-0.39, 0.29) is 23.5 Å². The summed E-state index contributed by atoms with van der Waals surface area (Å²) in [7, 11) is 0. The number of halogens is 7. The Hall–Kier alpha value is -3.28. The number of nitrogens with one attached hydrogen (secondary N) is 1. The van der Waals surface area contributed by atoms with Crippen LogP contribution in [0, 0.1) is 5.41 Å². The maximum absolute atomic E-state index is 13.0. The Kier molecular flexibility index (Phi) is 6.57. The summed E-state index contributed by atoms with van der Waals surface area (Å²) in [6, 6.07) is 6.60. The lowest BCUT2D eigenvalue weighted by Gasteiger charge is -2.22. The lowest BCUT2D eigenvalue weighted by atomic mass is 9.82. The van der Waals surface area contributed by atoms with Gasteiger partial charge in [-0.1, -0.05) is 23.7 Å². The van der Waals surface area contributed by atoms with Crippen LogP contribution in [0.4, 0.5) is 32.0 Å². The number of carboxylic acid groups (broad SMARTS) is 1. The first-order valence-electron chi connectivity index (χ1n) is 9.53. The highest BCUT2D eigenvalue weighted by molar-refractivity contribution is 6.32. The number of carboxylic acids is 1. The molecule has 0 aliphatic carbocycles. The molecule has 0 spiro atoms. The highest BCUT2D eigenvalue weighted by atomic mass is 35.5. The average molecular weight is 508 g/mol. The molecule has 13 heteroatoms. The molecular weight excluding hydrogens is 492 g/mol. The molecule has 1 unspecified atom stereocenters. The van der Waals surface area contributed by atoms with Gasteiger partial charge in [-0.25, -0.2) is 0 Å². The molecule has 182 valence electrons. The molecule has 0 saturated heterocycles. The molecule has 0 radical (unpaired) electrons. The zero-order valence-electron chi connectivity index (χ0n) is 17.3. The number of benzene rings is 2. The van der Waals surface area contributed by atoms with Gasteiger partial charge in [0.05, 0.1) is 28.4 Å². The minimum atomic E-state index is -4.71. The smallest absolute Gasteiger partial charge is 0.417 e. The van der Waals surface area contributed by atoms with Crippen molar-refractivity contribution >= 4 is 34.9 Å². The second kappa shape index (κ2) is 8.82. The van der Waals surface area contributed by atoms with Crippen LogP contribution >= 0.6 is 11.6 Å². The molecule has 0 saturated carbocycles. The molecule has 1 atom stereocenters.